The molecule has 2 rings (SSSR count). The van der Waals surface area contributed by atoms with Gasteiger partial charge in [-0.3, -0.25) is 4.90 Å². The number of ether oxygens (including phenoxy) is 1. The first-order valence-corrected chi connectivity index (χ1v) is 6.83. The number of piperazine rings is 1. The number of hydrogen-bond acceptors (Lipinski definition) is 3. The predicted molar refractivity (Wildman–Crippen MR) is 75.5 cm³/mol. The molecule has 0 spiro atoms. The van der Waals surface area contributed by atoms with E-state index >= 15 is 0 Å². The van der Waals surface area contributed by atoms with E-state index in [9.17, 15) is 0 Å². The van der Waals surface area contributed by atoms with Crippen molar-refractivity contribution in [2.75, 3.05) is 26.7 Å². The Bertz CT molecular complexity index is 409. The average molecular weight is 269 g/mol. The Hall–Kier alpha value is -0.770. The second-order valence-corrected chi connectivity index (χ2v) is 5.46. The quantitative estimate of drug-likeness (QED) is 0.912. The highest BCUT2D eigenvalue weighted by atomic mass is 35.5. The highest BCUT2D eigenvalue weighted by molar-refractivity contribution is 6.32. The maximum absolute atomic E-state index is 6.28. The zero-order chi connectivity index (χ0) is 13.1. The molecule has 0 bridgehead atoms. The fourth-order valence-electron chi connectivity index (χ4n) is 2.25. The van der Waals surface area contributed by atoms with Gasteiger partial charge in [0.1, 0.15) is 5.75 Å². The molecule has 1 fully saturated rings. The van der Waals surface area contributed by atoms with Gasteiger partial charge in [-0.2, -0.15) is 0 Å². The van der Waals surface area contributed by atoms with Crippen LogP contribution >= 0.6 is 11.6 Å². The predicted octanol–water partition coefficient (Wildman–Crippen LogP) is 2.70. The smallest absolute Gasteiger partial charge is 0.138 e. The van der Waals surface area contributed by atoms with E-state index in [1.165, 1.54) is 5.56 Å². The Labute approximate surface area is 114 Å². The summed E-state index contributed by atoms with van der Waals surface area (Å²) in [5.74, 6) is 0.766. The fraction of sp³-hybridized carbons (Fsp3) is 0.571. The molecule has 1 aliphatic rings. The van der Waals surface area contributed by atoms with Crippen molar-refractivity contribution in [3.05, 3.63) is 28.8 Å². The Morgan fingerprint density at radius 1 is 1.44 bits per heavy atom. The standard InChI is InChI=1S/C14H21ClN2O/c1-10(2)18-14-5-4-11(8-12(14)15)13-9-16-6-7-17(13)3/h4-5,8,10,13,16H,6-7,9H2,1-3H3. The van der Waals surface area contributed by atoms with Crippen LogP contribution in [-0.4, -0.2) is 37.7 Å². The van der Waals surface area contributed by atoms with E-state index in [2.05, 4.69) is 23.3 Å². The van der Waals surface area contributed by atoms with Gasteiger partial charge in [0.25, 0.3) is 0 Å². The summed E-state index contributed by atoms with van der Waals surface area (Å²) < 4.78 is 5.65. The highest BCUT2D eigenvalue weighted by Crippen LogP contribution is 2.30. The second-order valence-electron chi connectivity index (χ2n) is 5.06. The molecule has 0 radical (unpaired) electrons. The molecule has 4 heteroatoms. The summed E-state index contributed by atoms with van der Waals surface area (Å²) in [6.07, 6.45) is 0.146. The normalized spacial score (nSPS) is 21.3. The molecule has 1 N–H and O–H groups in total. The van der Waals surface area contributed by atoms with Crippen LogP contribution in [-0.2, 0) is 0 Å². The second kappa shape index (κ2) is 5.91. The van der Waals surface area contributed by atoms with Gasteiger partial charge in [-0.1, -0.05) is 17.7 Å². The zero-order valence-electron chi connectivity index (χ0n) is 11.2. The summed E-state index contributed by atoms with van der Waals surface area (Å²) in [5, 5.41) is 4.11. The molecule has 100 valence electrons. The van der Waals surface area contributed by atoms with Crippen LogP contribution in [0.1, 0.15) is 25.5 Å². The Balaban J connectivity index is 2.17. The molecule has 1 unspecified atom stereocenters. The number of nitrogens with zero attached hydrogens (tertiary/aromatic N) is 1. The van der Waals surface area contributed by atoms with E-state index in [1.54, 1.807) is 0 Å². The fourth-order valence-corrected chi connectivity index (χ4v) is 2.49. The summed E-state index contributed by atoms with van der Waals surface area (Å²) in [5.41, 5.74) is 1.24. The van der Waals surface area contributed by atoms with Crippen LogP contribution in [0.2, 0.25) is 5.02 Å². The van der Waals surface area contributed by atoms with E-state index in [-0.39, 0.29) is 6.10 Å². The van der Waals surface area contributed by atoms with Gasteiger partial charge in [-0.15, -0.1) is 0 Å². The van der Waals surface area contributed by atoms with Gasteiger partial charge in [0, 0.05) is 25.7 Å². The number of likely N-dealkylation sites (N-methyl/N-ethyl adjacent to an activating group) is 1. The molecule has 1 aromatic rings. The van der Waals surface area contributed by atoms with Crippen LogP contribution < -0.4 is 10.1 Å². The van der Waals surface area contributed by atoms with Crippen LogP contribution in [0, 0.1) is 0 Å². The minimum absolute atomic E-state index is 0.146. The van der Waals surface area contributed by atoms with E-state index in [0.717, 1.165) is 25.4 Å². The summed E-state index contributed by atoms with van der Waals surface area (Å²) in [4.78, 5) is 2.35. The number of nitrogens with one attached hydrogen (secondary N) is 1. The first-order chi connectivity index (χ1) is 8.58. The SMILES string of the molecule is CC(C)Oc1ccc(C2CNCCN2C)cc1Cl. The molecule has 1 heterocycles. The largest absolute Gasteiger partial charge is 0.489 e. The number of halogens is 1. The Kier molecular flexibility index (Phi) is 4.49. The van der Waals surface area contributed by atoms with Crippen molar-refractivity contribution in [2.24, 2.45) is 0 Å². The molecule has 18 heavy (non-hydrogen) atoms. The van der Waals surface area contributed by atoms with E-state index in [1.807, 2.05) is 26.0 Å². The van der Waals surface area contributed by atoms with Gasteiger partial charge < -0.3 is 10.1 Å². The summed E-state index contributed by atoms with van der Waals surface area (Å²) >= 11 is 6.28. The number of hydrogen-bond donors (Lipinski definition) is 1. The Morgan fingerprint density at radius 2 is 2.22 bits per heavy atom. The molecule has 0 aliphatic carbocycles. The summed E-state index contributed by atoms with van der Waals surface area (Å²) in [7, 11) is 2.15. The van der Waals surface area contributed by atoms with Crippen LogP contribution in [0.4, 0.5) is 0 Å². The molecule has 3 nitrogen and oxygen atoms in total. The lowest BCUT2D eigenvalue weighted by Crippen LogP contribution is -2.43. The number of benzene rings is 1. The third kappa shape index (κ3) is 3.16. The molecule has 0 aromatic heterocycles. The van der Waals surface area contributed by atoms with Crippen molar-refractivity contribution in [2.45, 2.75) is 26.0 Å². The lowest BCUT2D eigenvalue weighted by atomic mass is 10.0. The van der Waals surface area contributed by atoms with Crippen LogP contribution in [0.15, 0.2) is 18.2 Å². The molecular formula is C14H21ClN2O. The summed E-state index contributed by atoms with van der Waals surface area (Å²) in [6, 6.07) is 6.50. The highest BCUT2D eigenvalue weighted by Gasteiger charge is 2.21. The monoisotopic (exact) mass is 268 g/mol. The van der Waals surface area contributed by atoms with E-state index in [0.29, 0.717) is 11.1 Å². The third-order valence-electron chi connectivity index (χ3n) is 3.21. The zero-order valence-corrected chi connectivity index (χ0v) is 12.0. The molecule has 0 saturated carbocycles. The van der Waals surface area contributed by atoms with Gasteiger partial charge in [-0.25, -0.2) is 0 Å². The lowest BCUT2D eigenvalue weighted by Gasteiger charge is -2.33. The molecule has 1 atom stereocenters. The van der Waals surface area contributed by atoms with Crippen molar-refractivity contribution >= 4 is 11.6 Å². The van der Waals surface area contributed by atoms with Crippen molar-refractivity contribution in [1.29, 1.82) is 0 Å². The first kappa shape index (κ1) is 13.7. The maximum Gasteiger partial charge on any atom is 0.138 e. The topological polar surface area (TPSA) is 24.5 Å². The minimum atomic E-state index is 0.146. The lowest BCUT2D eigenvalue weighted by molar-refractivity contribution is 0.202. The molecule has 1 aliphatic heterocycles. The van der Waals surface area contributed by atoms with Crippen molar-refractivity contribution in [3.63, 3.8) is 0 Å². The Morgan fingerprint density at radius 3 is 2.83 bits per heavy atom. The summed E-state index contributed by atoms with van der Waals surface area (Å²) in [6.45, 7) is 7.09. The van der Waals surface area contributed by atoms with E-state index < -0.39 is 0 Å². The van der Waals surface area contributed by atoms with Crippen molar-refractivity contribution in [1.82, 2.24) is 10.2 Å². The first-order valence-electron chi connectivity index (χ1n) is 6.45. The van der Waals surface area contributed by atoms with Gasteiger partial charge >= 0.3 is 0 Å². The number of rotatable bonds is 3. The van der Waals surface area contributed by atoms with Crippen molar-refractivity contribution < 1.29 is 4.74 Å². The van der Waals surface area contributed by atoms with Crippen LogP contribution in [0.25, 0.3) is 0 Å². The average Bonchev–Trinajstić information content (AvgIpc) is 2.32. The minimum Gasteiger partial charge on any atom is -0.489 e. The van der Waals surface area contributed by atoms with Gasteiger partial charge in [0.2, 0.25) is 0 Å². The molecular weight excluding hydrogens is 248 g/mol. The molecule has 0 amide bonds. The van der Waals surface area contributed by atoms with Crippen LogP contribution in [0.5, 0.6) is 5.75 Å². The third-order valence-corrected chi connectivity index (χ3v) is 3.51. The van der Waals surface area contributed by atoms with Gasteiger partial charge in [0.15, 0.2) is 0 Å². The molecule has 1 saturated heterocycles. The van der Waals surface area contributed by atoms with E-state index in [4.69, 9.17) is 16.3 Å². The van der Waals surface area contributed by atoms with Gasteiger partial charge in [-0.05, 0) is 38.6 Å². The van der Waals surface area contributed by atoms with Crippen molar-refractivity contribution in [3.8, 4) is 5.75 Å². The van der Waals surface area contributed by atoms with Crippen LogP contribution in [0.3, 0.4) is 0 Å². The maximum atomic E-state index is 6.28. The molecule has 1 aromatic carbocycles. The van der Waals surface area contributed by atoms with Gasteiger partial charge in [0.05, 0.1) is 11.1 Å².